The molecule has 2 N–H and O–H groups in total. The maximum absolute atomic E-state index is 5.36. The zero-order valence-corrected chi connectivity index (χ0v) is 8.04. The van der Waals surface area contributed by atoms with Gasteiger partial charge in [0.25, 0.3) is 0 Å². The monoisotopic (exact) mass is 257 g/mol. The van der Waals surface area contributed by atoms with Gasteiger partial charge in [-0.3, -0.25) is 0 Å². The first kappa shape index (κ1) is 8.46. The molecule has 0 saturated carbocycles. The molecule has 1 nitrogen and oxygen atoms in total. The topological polar surface area (TPSA) is 26.0 Å². The lowest BCUT2D eigenvalue weighted by Gasteiger charge is -1.70. The van der Waals surface area contributed by atoms with E-state index in [4.69, 9.17) is 5.73 Å². The average Bonchev–Trinajstić information content (AvgIpc) is 1.87. The van der Waals surface area contributed by atoms with E-state index in [0.717, 1.165) is 9.47 Å². The summed E-state index contributed by atoms with van der Waals surface area (Å²) in [6.07, 6.45) is 0. The number of hydrogen-bond donors (Lipinski definition) is 1. The van der Waals surface area contributed by atoms with Crippen molar-refractivity contribution < 1.29 is 0 Å². The van der Waals surface area contributed by atoms with Crippen molar-refractivity contribution in [1.29, 1.82) is 0 Å². The predicted molar refractivity (Wildman–Crippen MR) is 46.8 cm³/mol. The van der Waals surface area contributed by atoms with Crippen molar-refractivity contribution in [2.45, 2.75) is 0 Å². The molecule has 1 rings (SSSR count). The van der Waals surface area contributed by atoms with E-state index in [1.807, 2.05) is 11.4 Å². The van der Waals surface area contributed by atoms with E-state index in [2.05, 4.69) is 15.9 Å². The van der Waals surface area contributed by atoms with Gasteiger partial charge in [-0.1, -0.05) is 0 Å². The largest absolute Gasteiger partial charge is 0.398 e. The van der Waals surface area contributed by atoms with Crippen molar-refractivity contribution in [3.05, 3.63) is 15.2 Å². The van der Waals surface area contributed by atoms with E-state index in [1.54, 1.807) is 11.3 Å². The number of anilines is 1. The zero-order valence-electron chi connectivity index (χ0n) is 3.93. The Morgan fingerprint density at radius 2 is 2.25 bits per heavy atom. The molecule has 0 aromatic carbocycles. The SMILES string of the molecule is Br.Nc1csc(Br)c1. The quantitative estimate of drug-likeness (QED) is 0.761. The van der Waals surface area contributed by atoms with Gasteiger partial charge in [-0.15, -0.1) is 28.3 Å². The molecule has 0 saturated heterocycles. The van der Waals surface area contributed by atoms with Crippen LogP contribution < -0.4 is 5.73 Å². The number of thiophene rings is 1. The maximum atomic E-state index is 5.36. The van der Waals surface area contributed by atoms with E-state index < -0.39 is 0 Å². The number of halogens is 2. The van der Waals surface area contributed by atoms with Gasteiger partial charge in [0.05, 0.1) is 3.79 Å². The molecule has 0 unspecified atom stereocenters. The minimum Gasteiger partial charge on any atom is -0.398 e. The highest BCUT2D eigenvalue weighted by Crippen LogP contribution is 2.21. The molecule has 0 atom stereocenters. The van der Waals surface area contributed by atoms with Crippen LogP contribution in [0.15, 0.2) is 15.2 Å². The standard InChI is InChI=1S/C4H4BrNS.BrH/c5-4-1-3(6)2-7-4;/h1-2H,6H2;1H. The Balaban J connectivity index is 0.000000490. The van der Waals surface area contributed by atoms with Gasteiger partial charge >= 0.3 is 0 Å². The van der Waals surface area contributed by atoms with Crippen molar-refractivity contribution in [2.75, 3.05) is 5.73 Å². The van der Waals surface area contributed by atoms with Gasteiger partial charge in [0, 0.05) is 11.1 Å². The van der Waals surface area contributed by atoms with Crippen LogP contribution in [-0.2, 0) is 0 Å². The minimum atomic E-state index is 0. The molecule has 1 aromatic heterocycles. The van der Waals surface area contributed by atoms with Crippen molar-refractivity contribution in [3.8, 4) is 0 Å². The van der Waals surface area contributed by atoms with Crippen LogP contribution in [0.2, 0.25) is 0 Å². The van der Waals surface area contributed by atoms with Crippen LogP contribution in [0.1, 0.15) is 0 Å². The van der Waals surface area contributed by atoms with Crippen LogP contribution in [0.25, 0.3) is 0 Å². The van der Waals surface area contributed by atoms with Crippen molar-refractivity contribution in [1.82, 2.24) is 0 Å². The Hall–Kier alpha value is 0.460. The lowest BCUT2D eigenvalue weighted by molar-refractivity contribution is 1.86. The second kappa shape index (κ2) is 3.48. The van der Waals surface area contributed by atoms with Gasteiger partial charge in [-0.25, -0.2) is 0 Å². The predicted octanol–water partition coefficient (Wildman–Crippen LogP) is 2.67. The smallest absolute Gasteiger partial charge is 0.0719 e. The summed E-state index contributed by atoms with van der Waals surface area (Å²) >= 11 is 4.87. The Morgan fingerprint density at radius 3 is 2.38 bits per heavy atom. The number of hydrogen-bond acceptors (Lipinski definition) is 2. The number of nitrogens with two attached hydrogens (primary N) is 1. The molecule has 4 heteroatoms. The van der Waals surface area contributed by atoms with E-state index in [-0.39, 0.29) is 17.0 Å². The van der Waals surface area contributed by atoms with Crippen LogP contribution in [0.4, 0.5) is 5.69 Å². The zero-order chi connectivity index (χ0) is 5.28. The first-order chi connectivity index (χ1) is 3.29. The van der Waals surface area contributed by atoms with Gasteiger partial charge in [-0.05, 0) is 22.0 Å². The summed E-state index contributed by atoms with van der Waals surface area (Å²) in [5.74, 6) is 0. The summed E-state index contributed by atoms with van der Waals surface area (Å²) < 4.78 is 1.09. The first-order valence-corrected chi connectivity index (χ1v) is 3.46. The van der Waals surface area contributed by atoms with Gasteiger partial charge in [0.2, 0.25) is 0 Å². The highest BCUT2D eigenvalue weighted by Gasteiger charge is 1.86. The summed E-state index contributed by atoms with van der Waals surface area (Å²) in [5, 5.41) is 1.89. The van der Waals surface area contributed by atoms with Gasteiger partial charge in [0.1, 0.15) is 0 Å². The first-order valence-electron chi connectivity index (χ1n) is 1.78. The molecule has 46 valence electrons. The van der Waals surface area contributed by atoms with E-state index in [9.17, 15) is 0 Å². The molecule has 1 heterocycles. The Labute approximate surface area is 70.8 Å². The second-order valence-corrected chi connectivity index (χ2v) is 3.47. The summed E-state index contributed by atoms with van der Waals surface area (Å²) in [7, 11) is 0. The Morgan fingerprint density at radius 1 is 1.62 bits per heavy atom. The Bertz CT molecular complexity index is 146. The number of rotatable bonds is 0. The van der Waals surface area contributed by atoms with Gasteiger partial charge in [0.15, 0.2) is 0 Å². The molecule has 0 amide bonds. The van der Waals surface area contributed by atoms with Gasteiger partial charge in [-0.2, -0.15) is 0 Å². The Kier molecular flexibility index (Phi) is 3.68. The third kappa shape index (κ3) is 2.15. The molecule has 0 aliphatic heterocycles. The van der Waals surface area contributed by atoms with Crippen molar-refractivity contribution >= 4 is 49.9 Å². The molecule has 0 spiro atoms. The minimum absolute atomic E-state index is 0. The molecule has 8 heavy (non-hydrogen) atoms. The van der Waals surface area contributed by atoms with Gasteiger partial charge < -0.3 is 5.73 Å². The maximum Gasteiger partial charge on any atom is 0.0719 e. The molecule has 0 fully saturated rings. The normalized spacial score (nSPS) is 8.12. The van der Waals surface area contributed by atoms with E-state index >= 15 is 0 Å². The summed E-state index contributed by atoms with van der Waals surface area (Å²) in [5.41, 5.74) is 6.19. The number of nitrogen functional groups attached to an aromatic ring is 1. The summed E-state index contributed by atoms with van der Waals surface area (Å²) in [4.78, 5) is 0. The molecular formula is C4H5Br2NS. The molecule has 0 aliphatic rings. The van der Waals surface area contributed by atoms with E-state index in [0.29, 0.717) is 0 Å². The van der Waals surface area contributed by atoms with Crippen LogP contribution in [-0.4, -0.2) is 0 Å². The van der Waals surface area contributed by atoms with Crippen LogP contribution in [0.3, 0.4) is 0 Å². The lowest BCUT2D eigenvalue weighted by Crippen LogP contribution is -1.74. The molecule has 0 bridgehead atoms. The van der Waals surface area contributed by atoms with Crippen molar-refractivity contribution in [2.24, 2.45) is 0 Å². The highest BCUT2D eigenvalue weighted by atomic mass is 79.9. The summed E-state index contributed by atoms with van der Waals surface area (Å²) in [6, 6.07) is 1.88. The second-order valence-electron chi connectivity index (χ2n) is 1.18. The fourth-order valence-corrected chi connectivity index (χ4v) is 1.39. The molecular weight excluding hydrogens is 254 g/mol. The van der Waals surface area contributed by atoms with Crippen LogP contribution in [0.5, 0.6) is 0 Å². The molecule has 0 aliphatic carbocycles. The molecule has 1 aromatic rings. The van der Waals surface area contributed by atoms with Crippen LogP contribution >= 0.6 is 44.2 Å². The fourth-order valence-electron chi connectivity index (χ4n) is 0.323. The third-order valence-electron chi connectivity index (χ3n) is 0.588. The molecule has 0 radical (unpaired) electrons. The van der Waals surface area contributed by atoms with Crippen LogP contribution in [0, 0.1) is 0 Å². The lowest BCUT2D eigenvalue weighted by atomic mass is 10.6. The summed E-state index contributed by atoms with van der Waals surface area (Å²) in [6.45, 7) is 0. The van der Waals surface area contributed by atoms with Crippen molar-refractivity contribution in [3.63, 3.8) is 0 Å². The third-order valence-corrected chi connectivity index (χ3v) is 2.11. The fraction of sp³-hybridized carbons (Fsp3) is 0. The van der Waals surface area contributed by atoms with E-state index in [1.165, 1.54) is 0 Å². The average molecular weight is 259 g/mol. The highest BCUT2D eigenvalue weighted by molar-refractivity contribution is 9.11.